The monoisotopic (exact) mass is 911 g/mol. The van der Waals surface area contributed by atoms with Crippen LogP contribution in [0.1, 0.15) is 121 Å². The molecule has 8 unspecified atom stereocenters. The number of phenolic OH excluding ortho intramolecular Hbond substituents is 2. The first-order valence-electron chi connectivity index (χ1n) is 23.5. The second-order valence-corrected chi connectivity index (χ2v) is 21.9. The number of nitrogens with zero attached hydrogens (tertiary/aromatic N) is 1. The van der Waals surface area contributed by atoms with Crippen molar-refractivity contribution in [3.05, 3.63) is 92.7 Å². The average molecular weight is 912 g/mol. The molecule has 5 heterocycles. The molecule has 4 aromatic rings. The van der Waals surface area contributed by atoms with Gasteiger partial charge in [0.2, 0.25) is 0 Å². The van der Waals surface area contributed by atoms with E-state index in [4.69, 9.17) is 29.7 Å². The molecule has 1 saturated heterocycles. The van der Waals surface area contributed by atoms with Crippen LogP contribution in [0.15, 0.2) is 42.5 Å². The van der Waals surface area contributed by atoms with Crippen molar-refractivity contribution in [2.45, 2.75) is 120 Å². The lowest BCUT2D eigenvalue weighted by Crippen LogP contribution is -2.49. The first-order valence-corrected chi connectivity index (χ1v) is 26.0. The van der Waals surface area contributed by atoms with Gasteiger partial charge in [0.1, 0.15) is 47.6 Å². The van der Waals surface area contributed by atoms with Crippen molar-refractivity contribution in [1.29, 1.82) is 0 Å². The maximum absolute atomic E-state index is 12.7. The van der Waals surface area contributed by atoms with Crippen LogP contribution in [-0.2, 0) is 40.6 Å². The number of nitrogen functional groups attached to an aromatic ring is 1. The largest absolute Gasteiger partial charge is 0.508 e. The van der Waals surface area contributed by atoms with Crippen LogP contribution >= 0.6 is 21.6 Å². The van der Waals surface area contributed by atoms with E-state index in [-0.39, 0.29) is 54.0 Å². The number of aryl methyl sites for hydroxylation is 1. The first kappa shape index (κ1) is 42.7. The Morgan fingerprint density at radius 1 is 1.05 bits per heavy atom. The van der Waals surface area contributed by atoms with Crippen molar-refractivity contribution in [2.75, 3.05) is 31.0 Å². The molecule has 1 aromatic heterocycles. The molecule has 2 saturated carbocycles. The van der Waals surface area contributed by atoms with Crippen LogP contribution in [0.5, 0.6) is 28.7 Å². The summed E-state index contributed by atoms with van der Waals surface area (Å²) < 4.78 is 26.6. The Labute approximate surface area is 389 Å². The molecule has 12 heteroatoms. The summed E-state index contributed by atoms with van der Waals surface area (Å²) in [6.07, 6.45) is 13.6. The van der Waals surface area contributed by atoms with E-state index in [1.165, 1.54) is 19.8 Å². The fourth-order valence-electron chi connectivity index (χ4n) is 12.5. The number of rotatable bonds is 4. The number of aromatic nitrogens is 1. The normalized spacial score (nSPS) is 28.1. The highest BCUT2D eigenvalue weighted by molar-refractivity contribution is 8.76. The predicted molar refractivity (Wildman–Crippen MR) is 257 cm³/mol. The van der Waals surface area contributed by atoms with Crippen molar-refractivity contribution in [1.82, 2.24) is 10.3 Å². The van der Waals surface area contributed by atoms with Crippen LogP contribution in [0, 0.1) is 23.7 Å². The Kier molecular flexibility index (Phi) is 11.2. The molecule has 65 heavy (non-hydrogen) atoms. The van der Waals surface area contributed by atoms with Gasteiger partial charge in [-0.05, 0) is 122 Å². The fraction of sp³-hybridized carbons (Fsp3) is 0.472. The molecule has 4 aliphatic heterocycles. The molecule has 0 radical (unpaired) electrons. The van der Waals surface area contributed by atoms with E-state index in [1.54, 1.807) is 19.2 Å². The number of nitrogens with one attached hydrogen (secondary N) is 1. The predicted octanol–water partition coefficient (Wildman–Crippen LogP) is 9.52. The van der Waals surface area contributed by atoms with Crippen molar-refractivity contribution >= 4 is 39.5 Å². The zero-order chi connectivity index (χ0) is 44.6. The molecule has 3 aliphatic carbocycles. The van der Waals surface area contributed by atoms with E-state index < -0.39 is 6.10 Å². The molecule has 3 fully saturated rings. The van der Waals surface area contributed by atoms with Crippen molar-refractivity contribution in [3.8, 4) is 51.7 Å². The molecular weight excluding hydrogens is 855 g/mol. The van der Waals surface area contributed by atoms with Crippen LogP contribution in [0.2, 0.25) is 0 Å². The van der Waals surface area contributed by atoms with E-state index in [0.717, 1.165) is 118 Å². The number of methoxy groups -OCH3 is 1. The second-order valence-electron chi connectivity index (χ2n) is 19.4. The summed E-state index contributed by atoms with van der Waals surface area (Å²) in [6.45, 7) is 3.65. The zero-order valence-corrected chi connectivity index (χ0v) is 39.0. The van der Waals surface area contributed by atoms with Gasteiger partial charge in [-0.1, -0.05) is 65.1 Å². The van der Waals surface area contributed by atoms with Crippen LogP contribution in [0.4, 0.5) is 5.82 Å². The lowest BCUT2D eigenvalue weighted by molar-refractivity contribution is -0.141. The summed E-state index contributed by atoms with van der Waals surface area (Å²) in [5, 5.41) is 27.1. The molecule has 338 valence electrons. The van der Waals surface area contributed by atoms with Gasteiger partial charge in [0, 0.05) is 70.2 Å². The number of aromatic hydroxyl groups is 2. The third kappa shape index (κ3) is 7.59. The van der Waals surface area contributed by atoms with Crippen LogP contribution < -0.4 is 25.3 Å². The lowest BCUT2D eigenvalue weighted by Gasteiger charge is -2.39. The van der Waals surface area contributed by atoms with Gasteiger partial charge in [-0.15, -0.1) is 0 Å². The number of esters is 1. The molecule has 3 aromatic carbocycles. The van der Waals surface area contributed by atoms with Gasteiger partial charge < -0.3 is 40.2 Å². The number of benzene rings is 3. The summed E-state index contributed by atoms with van der Waals surface area (Å²) in [5.74, 6) is 11.7. The number of nitrogens with two attached hydrogens (primary N) is 1. The van der Waals surface area contributed by atoms with Crippen LogP contribution in [0.25, 0.3) is 17.2 Å². The second kappa shape index (κ2) is 17.0. The van der Waals surface area contributed by atoms with Gasteiger partial charge in [-0.3, -0.25) is 4.79 Å². The Hall–Kier alpha value is -4.96. The van der Waals surface area contributed by atoms with Gasteiger partial charge in [-0.25, -0.2) is 4.98 Å². The molecule has 11 rings (SSSR count). The van der Waals surface area contributed by atoms with E-state index in [2.05, 4.69) is 54.4 Å². The summed E-state index contributed by atoms with van der Waals surface area (Å²) in [7, 11) is 5.44. The number of carbonyl (C=O) groups is 1. The highest BCUT2D eigenvalue weighted by atomic mass is 33.1. The van der Waals surface area contributed by atoms with E-state index in [0.29, 0.717) is 47.3 Å². The maximum atomic E-state index is 12.7. The smallest absolute Gasteiger partial charge is 0.302 e. The Bertz CT molecular complexity index is 2690. The molecule has 5 N–H and O–H groups in total. The van der Waals surface area contributed by atoms with E-state index in [1.807, 2.05) is 27.7 Å². The summed E-state index contributed by atoms with van der Waals surface area (Å²) in [5.41, 5.74) is 16.6. The fourth-order valence-corrected chi connectivity index (χ4v) is 15.1. The highest BCUT2D eigenvalue weighted by Crippen LogP contribution is 2.63. The summed E-state index contributed by atoms with van der Waals surface area (Å²) in [6, 6.07) is 12.3. The minimum atomic E-state index is -0.625. The third-order valence-corrected chi connectivity index (χ3v) is 17.9. The average Bonchev–Trinajstić information content (AvgIpc) is 3.80. The topological polar surface area (TPSA) is 145 Å². The number of hydrogen-bond acceptors (Lipinski definition) is 12. The Morgan fingerprint density at radius 3 is 2.77 bits per heavy atom. The quantitative estimate of drug-likeness (QED) is 0.0879. The summed E-state index contributed by atoms with van der Waals surface area (Å²) in [4.78, 5) is 17.7. The van der Waals surface area contributed by atoms with Gasteiger partial charge >= 0.3 is 5.97 Å². The van der Waals surface area contributed by atoms with Crippen molar-refractivity contribution < 1.29 is 34.0 Å². The number of hydrogen-bond donors (Lipinski definition) is 4. The van der Waals surface area contributed by atoms with Gasteiger partial charge in [0.15, 0.2) is 11.5 Å². The molecule has 0 amide bonds. The maximum Gasteiger partial charge on any atom is 0.302 e. The molecule has 8 atom stereocenters. The molecular formula is C53H57N3O7S2. The molecule has 7 aliphatic rings. The molecule has 10 nitrogen and oxygen atoms in total. The first-order chi connectivity index (χ1) is 31.6. The minimum Gasteiger partial charge on any atom is -0.508 e. The van der Waals surface area contributed by atoms with E-state index >= 15 is 0 Å². The summed E-state index contributed by atoms with van der Waals surface area (Å²) >= 11 is 0. The van der Waals surface area contributed by atoms with Gasteiger partial charge in [0.05, 0.1) is 19.1 Å². The zero-order valence-electron chi connectivity index (χ0n) is 37.3. The highest BCUT2D eigenvalue weighted by Gasteiger charge is 2.51. The van der Waals surface area contributed by atoms with Crippen molar-refractivity contribution in [3.63, 3.8) is 0 Å². The lowest BCUT2D eigenvalue weighted by atomic mass is 9.65. The number of pyridine rings is 1. The minimum absolute atomic E-state index is 0.0549. The number of fused-ring (bicyclic) bond motifs is 12. The van der Waals surface area contributed by atoms with Crippen LogP contribution in [-0.4, -0.2) is 64.6 Å². The number of phenols is 2. The SMILES string of the molecule is CCc1cc2c(nc1N)C#CCc1cc(O)c3c(c1C1Oc4c(ccc5c4C4(CCC(C2)C4)Cc2cc(O)cc(OC)c2-5)C1COC(C)=O)C=CC1NC2CCCC(CSSCC1O3)C2. The van der Waals surface area contributed by atoms with Gasteiger partial charge in [-0.2, -0.15) is 0 Å². The van der Waals surface area contributed by atoms with Crippen LogP contribution in [0.3, 0.4) is 0 Å². The van der Waals surface area contributed by atoms with Crippen molar-refractivity contribution in [2.24, 2.45) is 11.8 Å². The van der Waals surface area contributed by atoms with Gasteiger partial charge in [0.25, 0.3) is 0 Å². The third-order valence-electron chi connectivity index (χ3n) is 15.4. The number of ether oxygens (including phenoxy) is 4. The molecule has 1 spiro atoms. The standard InChI is InChI=1S/C53H57N3O7S2/c1-4-31-19-33-17-29-15-16-53(23-29)24-34-20-36(58)22-44(60-3)46(34)38-12-11-37-40(25-61-28(2)57)50(63-51(37)48(38)53)47-32(8-6-10-41(33)56-52(31)54)21-43(59)49-39(47)13-14-42-45(62-49)27-65-64-26-30-7-5-9-35(18-30)55-42/h11-14,19-22,29-30,35,40,42,45,50,55,58-59H,4-5,7-9,15-18,23-27H2,1-3H3,(H2,54,56). The molecule has 6 bridgehead atoms. The van der Waals surface area contributed by atoms with E-state index in [9.17, 15) is 15.0 Å². The number of carbonyl (C=O) groups excluding carboxylic acids is 1. The Morgan fingerprint density at radius 2 is 1.92 bits per heavy atom. The number of anilines is 1. The Balaban J connectivity index is 1.14.